The van der Waals surface area contributed by atoms with Crippen LogP contribution in [0.15, 0.2) is 127 Å². The van der Waals surface area contributed by atoms with Crippen molar-refractivity contribution in [2.45, 2.75) is 18.8 Å². The van der Waals surface area contributed by atoms with Crippen LogP contribution in [0, 0.1) is 6.92 Å². The molecule has 1 amide bonds. The fourth-order valence-corrected chi connectivity index (χ4v) is 5.02. The first-order valence-corrected chi connectivity index (χ1v) is 13.1. The minimum atomic E-state index is -2.25. The number of para-hydroxylation sites is 1. The predicted octanol–water partition coefficient (Wildman–Crippen LogP) is 5.80. The molecule has 1 aliphatic rings. The van der Waals surface area contributed by atoms with Crippen LogP contribution in [0.3, 0.4) is 0 Å². The first-order valence-electron chi connectivity index (χ1n) is 13.1. The van der Waals surface area contributed by atoms with Crippen molar-refractivity contribution in [3.05, 3.63) is 149 Å². The molecule has 41 heavy (non-hydrogen) atoms. The Morgan fingerprint density at radius 3 is 1.73 bits per heavy atom. The Hall–Kier alpha value is -5.01. The van der Waals surface area contributed by atoms with Gasteiger partial charge in [-0.25, -0.2) is 4.79 Å². The lowest BCUT2D eigenvalue weighted by Crippen LogP contribution is -2.57. The Morgan fingerprint density at radius 2 is 1.24 bits per heavy atom. The minimum Gasteiger partial charge on any atom is -0.475 e. The molecule has 0 saturated carbocycles. The Kier molecular flexibility index (Phi) is 7.81. The molecule has 1 heterocycles. The molecule has 4 aromatic rings. The summed E-state index contributed by atoms with van der Waals surface area (Å²) in [7, 11) is 2.44. The molecule has 0 fully saturated rings. The molecule has 0 radical (unpaired) electrons. The molecular formula is C34H29NO6. The number of nitrogens with zero attached hydrogens (tertiary/aromatic N) is 1. The predicted molar refractivity (Wildman–Crippen MR) is 154 cm³/mol. The average Bonchev–Trinajstić information content (AvgIpc) is 3.28. The Bertz CT molecular complexity index is 1540. The third kappa shape index (κ3) is 4.92. The standard InChI is InChI=1S/C34H29NO6/c1-23-19-21-24(22-20-23)29(36)28-31(41-30(25-13-7-4-8-14-25)26-15-9-5-10-16-26)32(37)35(27-17-11-6-12-18-27)34(28,40-3)33(38)39-2/h4-22,30H,1-3H3/t34-/m1/s1. The zero-order valence-electron chi connectivity index (χ0n) is 22.9. The second kappa shape index (κ2) is 11.6. The molecule has 5 rings (SSSR count). The van der Waals surface area contributed by atoms with Gasteiger partial charge < -0.3 is 14.2 Å². The van der Waals surface area contributed by atoms with Crippen LogP contribution in [0.5, 0.6) is 0 Å². The van der Waals surface area contributed by atoms with Crippen LogP contribution in [0.25, 0.3) is 0 Å². The number of Topliss-reactive ketones (excluding diaryl/α,β-unsaturated/α-hetero) is 1. The molecule has 206 valence electrons. The fourth-order valence-electron chi connectivity index (χ4n) is 5.02. The summed E-state index contributed by atoms with van der Waals surface area (Å²) >= 11 is 0. The number of aryl methyl sites for hydroxylation is 1. The molecule has 0 N–H and O–H groups in total. The van der Waals surface area contributed by atoms with Gasteiger partial charge in [0.1, 0.15) is 11.7 Å². The molecule has 0 bridgehead atoms. The lowest BCUT2D eigenvalue weighted by atomic mass is 9.93. The maximum atomic E-state index is 14.4. The monoisotopic (exact) mass is 547 g/mol. The van der Waals surface area contributed by atoms with E-state index >= 15 is 0 Å². The number of ether oxygens (including phenoxy) is 3. The number of hydrogen-bond acceptors (Lipinski definition) is 6. The highest BCUT2D eigenvalue weighted by Crippen LogP contribution is 2.45. The van der Waals surface area contributed by atoms with Gasteiger partial charge in [0.25, 0.3) is 11.6 Å². The van der Waals surface area contributed by atoms with Crippen molar-refractivity contribution in [2.75, 3.05) is 19.1 Å². The quantitative estimate of drug-likeness (QED) is 0.195. The Labute approximate surface area is 238 Å². The maximum absolute atomic E-state index is 14.4. The second-order valence-electron chi connectivity index (χ2n) is 9.53. The van der Waals surface area contributed by atoms with E-state index in [2.05, 4.69) is 0 Å². The Morgan fingerprint density at radius 1 is 0.732 bits per heavy atom. The first kappa shape index (κ1) is 27.6. The summed E-state index contributed by atoms with van der Waals surface area (Å²) in [5.41, 5.74) is 0.522. The zero-order valence-corrected chi connectivity index (χ0v) is 22.9. The van der Waals surface area contributed by atoms with Crippen molar-refractivity contribution in [3.63, 3.8) is 0 Å². The normalized spacial score (nSPS) is 16.7. The number of anilines is 1. The van der Waals surface area contributed by atoms with E-state index in [9.17, 15) is 14.4 Å². The highest BCUT2D eigenvalue weighted by atomic mass is 16.6. The first-order chi connectivity index (χ1) is 19.9. The molecule has 1 atom stereocenters. The van der Waals surface area contributed by atoms with E-state index in [-0.39, 0.29) is 16.9 Å². The van der Waals surface area contributed by atoms with E-state index in [1.807, 2.05) is 67.6 Å². The van der Waals surface area contributed by atoms with Gasteiger partial charge in [-0.2, -0.15) is 0 Å². The summed E-state index contributed by atoms with van der Waals surface area (Å²) in [6.45, 7) is 1.90. The highest BCUT2D eigenvalue weighted by molar-refractivity contribution is 6.26. The maximum Gasteiger partial charge on any atom is 0.365 e. The minimum absolute atomic E-state index is 0.260. The van der Waals surface area contributed by atoms with Crippen LogP contribution in [0.2, 0.25) is 0 Å². The van der Waals surface area contributed by atoms with Gasteiger partial charge in [-0.1, -0.05) is 109 Å². The number of amides is 1. The molecule has 0 aromatic heterocycles. The van der Waals surface area contributed by atoms with Crippen LogP contribution in [0.1, 0.15) is 33.2 Å². The molecular weight excluding hydrogens is 518 g/mol. The second-order valence-corrected chi connectivity index (χ2v) is 9.53. The van der Waals surface area contributed by atoms with Crippen LogP contribution in [-0.4, -0.2) is 37.6 Å². The van der Waals surface area contributed by atoms with E-state index in [0.29, 0.717) is 5.69 Å². The average molecular weight is 548 g/mol. The van der Waals surface area contributed by atoms with Gasteiger partial charge in [0.05, 0.1) is 7.11 Å². The molecule has 7 heteroatoms. The van der Waals surface area contributed by atoms with E-state index in [1.165, 1.54) is 14.2 Å². The molecule has 0 saturated heterocycles. The van der Waals surface area contributed by atoms with Crippen molar-refractivity contribution < 1.29 is 28.6 Å². The molecule has 4 aromatic carbocycles. The van der Waals surface area contributed by atoms with Crippen LogP contribution < -0.4 is 4.90 Å². The SMILES string of the molecule is COC(=O)[C@]1(OC)C(C(=O)c2ccc(C)cc2)=C(OC(c2ccccc2)c2ccccc2)C(=O)N1c1ccccc1. The number of benzene rings is 4. The number of ketones is 1. The van der Waals surface area contributed by atoms with Crippen molar-refractivity contribution >= 4 is 23.3 Å². The summed E-state index contributed by atoms with van der Waals surface area (Å²) < 4.78 is 17.6. The van der Waals surface area contributed by atoms with Crippen molar-refractivity contribution in [2.24, 2.45) is 0 Å². The van der Waals surface area contributed by atoms with Gasteiger partial charge in [-0.15, -0.1) is 0 Å². The molecule has 0 aliphatic carbocycles. The number of hydrogen-bond donors (Lipinski definition) is 0. The van der Waals surface area contributed by atoms with Gasteiger partial charge >= 0.3 is 5.97 Å². The molecule has 0 spiro atoms. The van der Waals surface area contributed by atoms with E-state index in [0.717, 1.165) is 21.6 Å². The van der Waals surface area contributed by atoms with E-state index in [4.69, 9.17) is 14.2 Å². The van der Waals surface area contributed by atoms with Crippen LogP contribution >= 0.6 is 0 Å². The fraction of sp³-hybridized carbons (Fsp3) is 0.147. The van der Waals surface area contributed by atoms with Crippen molar-refractivity contribution in [1.29, 1.82) is 0 Å². The summed E-state index contributed by atoms with van der Waals surface area (Å²) in [6.07, 6.45) is -0.778. The van der Waals surface area contributed by atoms with E-state index < -0.39 is 29.5 Å². The van der Waals surface area contributed by atoms with Gasteiger partial charge in [0.2, 0.25) is 0 Å². The number of rotatable bonds is 9. The summed E-state index contributed by atoms with van der Waals surface area (Å²) in [4.78, 5) is 43.6. The zero-order chi connectivity index (χ0) is 29.0. The van der Waals surface area contributed by atoms with Crippen molar-refractivity contribution in [3.8, 4) is 0 Å². The lowest BCUT2D eigenvalue weighted by Gasteiger charge is -2.35. The van der Waals surface area contributed by atoms with Crippen LogP contribution in [-0.2, 0) is 23.8 Å². The smallest absolute Gasteiger partial charge is 0.365 e. The highest BCUT2D eigenvalue weighted by Gasteiger charge is 2.63. The summed E-state index contributed by atoms with van der Waals surface area (Å²) in [6, 6.07) is 34.1. The van der Waals surface area contributed by atoms with Gasteiger partial charge in [-0.3, -0.25) is 14.5 Å². The van der Waals surface area contributed by atoms with E-state index in [1.54, 1.807) is 54.6 Å². The van der Waals surface area contributed by atoms with Gasteiger partial charge in [-0.05, 0) is 30.2 Å². The van der Waals surface area contributed by atoms with Gasteiger partial charge in [0.15, 0.2) is 11.5 Å². The molecule has 7 nitrogen and oxygen atoms in total. The van der Waals surface area contributed by atoms with Gasteiger partial charge in [0, 0.05) is 18.4 Å². The largest absolute Gasteiger partial charge is 0.475 e. The summed E-state index contributed by atoms with van der Waals surface area (Å²) in [5.74, 6) is -2.55. The lowest BCUT2D eigenvalue weighted by molar-refractivity contribution is -0.161. The number of esters is 1. The molecule has 1 aliphatic heterocycles. The number of methoxy groups -OCH3 is 2. The van der Waals surface area contributed by atoms with Crippen LogP contribution in [0.4, 0.5) is 5.69 Å². The molecule has 0 unspecified atom stereocenters. The Balaban J connectivity index is 1.78. The third-order valence-corrected chi connectivity index (χ3v) is 7.03. The topological polar surface area (TPSA) is 82.1 Å². The number of carbonyl (C=O) groups excluding carboxylic acids is 3. The van der Waals surface area contributed by atoms with Crippen molar-refractivity contribution in [1.82, 2.24) is 0 Å². The summed E-state index contributed by atoms with van der Waals surface area (Å²) in [5, 5.41) is 0. The number of carbonyl (C=O) groups is 3. The third-order valence-electron chi connectivity index (χ3n) is 7.03.